The maximum Gasteiger partial charge on any atom is 0.416 e. The Hall–Kier alpha value is -2.86. The fourth-order valence-electron chi connectivity index (χ4n) is 1.91. The minimum absolute atomic E-state index is 0.0223. The molecular formula is C15H13F3N4O2. The maximum absolute atomic E-state index is 12.6. The van der Waals surface area contributed by atoms with E-state index in [-0.39, 0.29) is 29.2 Å². The number of halogens is 3. The van der Waals surface area contributed by atoms with Gasteiger partial charge < -0.3 is 15.5 Å². The van der Waals surface area contributed by atoms with Crippen molar-refractivity contribution in [2.24, 2.45) is 0 Å². The molecule has 1 aromatic carbocycles. The lowest BCUT2D eigenvalue weighted by Crippen LogP contribution is -2.17. The van der Waals surface area contributed by atoms with Crippen molar-refractivity contribution < 1.29 is 23.4 Å². The topological polar surface area (TPSA) is 102 Å². The van der Waals surface area contributed by atoms with Crippen LogP contribution in [0.1, 0.15) is 18.1 Å². The summed E-state index contributed by atoms with van der Waals surface area (Å²) in [7, 11) is 0. The van der Waals surface area contributed by atoms with Crippen molar-refractivity contribution in [3.05, 3.63) is 35.4 Å². The Balaban J connectivity index is 2.38. The van der Waals surface area contributed by atoms with Gasteiger partial charge in [-0.3, -0.25) is 0 Å². The molecule has 0 bridgehead atoms. The number of nitrogens with one attached hydrogen (secondary N) is 1. The van der Waals surface area contributed by atoms with Gasteiger partial charge >= 0.3 is 6.18 Å². The second-order valence-corrected chi connectivity index (χ2v) is 5.06. The number of aromatic hydroxyl groups is 1. The SMILES string of the molecule is C[C@@H](O)CNc1nnc(-c2ccc(C(F)(F)F)cc2O)cc1C#N. The van der Waals surface area contributed by atoms with Crippen LogP contribution < -0.4 is 5.32 Å². The number of alkyl halides is 3. The summed E-state index contributed by atoms with van der Waals surface area (Å²) in [6.45, 7) is 1.69. The van der Waals surface area contributed by atoms with Crippen LogP contribution in [0.2, 0.25) is 0 Å². The predicted octanol–water partition coefficient (Wildman–Crippen LogP) is 2.53. The molecule has 2 aromatic rings. The van der Waals surface area contributed by atoms with Crippen molar-refractivity contribution in [3.63, 3.8) is 0 Å². The van der Waals surface area contributed by atoms with E-state index in [1.54, 1.807) is 6.92 Å². The summed E-state index contributed by atoms with van der Waals surface area (Å²) in [5.41, 5.74) is -0.832. The maximum atomic E-state index is 12.6. The van der Waals surface area contributed by atoms with E-state index in [0.29, 0.717) is 6.07 Å². The van der Waals surface area contributed by atoms with Crippen molar-refractivity contribution in [2.45, 2.75) is 19.2 Å². The number of hydrogen-bond donors (Lipinski definition) is 3. The molecule has 0 saturated carbocycles. The van der Waals surface area contributed by atoms with Gasteiger partial charge in [0.15, 0.2) is 5.82 Å². The van der Waals surface area contributed by atoms with E-state index in [9.17, 15) is 23.4 Å². The van der Waals surface area contributed by atoms with Gasteiger partial charge in [0.2, 0.25) is 0 Å². The molecule has 0 saturated heterocycles. The number of nitrogens with zero attached hydrogens (tertiary/aromatic N) is 3. The number of aliphatic hydroxyl groups excluding tert-OH is 1. The van der Waals surface area contributed by atoms with E-state index in [4.69, 9.17) is 5.26 Å². The summed E-state index contributed by atoms with van der Waals surface area (Å²) in [5, 5.41) is 38.5. The third kappa shape index (κ3) is 3.91. The van der Waals surface area contributed by atoms with Gasteiger partial charge in [-0.1, -0.05) is 0 Å². The molecule has 0 aliphatic heterocycles. The number of anilines is 1. The standard InChI is InChI=1S/C15H13F3N4O2/c1-8(23)7-20-14-9(6-19)4-12(21-22-14)11-3-2-10(5-13(11)24)15(16,17)18/h2-5,8,23-24H,7H2,1H3,(H,20,22)/t8-/m1/s1. The highest BCUT2D eigenvalue weighted by atomic mass is 19.4. The molecule has 126 valence electrons. The minimum atomic E-state index is -4.58. The lowest BCUT2D eigenvalue weighted by atomic mass is 10.1. The summed E-state index contributed by atoms with van der Waals surface area (Å²) < 4.78 is 37.8. The number of nitriles is 1. The molecule has 0 spiro atoms. The summed E-state index contributed by atoms with van der Waals surface area (Å²) >= 11 is 0. The first kappa shape index (κ1) is 17.5. The van der Waals surface area contributed by atoms with Crippen molar-refractivity contribution in [2.75, 3.05) is 11.9 Å². The number of aliphatic hydroxyl groups is 1. The fraction of sp³-hybridized carbons (Fsp3) is 0.267. The molecule has 0 amide bonds. The van der Waals surface area contributed by atoms with Crippen LogP contribution in [0.5, 0.6) is 5.75 Å². The second-order valence-electron chi connectivity index (χ2n) is 5.06. The normalized spacial score (nSPS) is 12.5. The fourth-order valence-corrected chi connectivity index (χ4v) is 1.91. The van der Waals surface area contributed by atoms with Gasteiger partial charge in [-0.2, -0.15) is 18.4 Å². The van der Waals surface area contributed by atoms with Crippen molar-refractivity contribution >= 4 is 5.82 Å². The number of benzene rings is 1. The van der Waals surface area contributed by atoms with E-state index in [0.717, 1.165) is 12.1 Å². The molecule has 1 atom stereocenters. The first-order valence-corrected chi connectivity index (χ1v) is 6.82. The molecule has 0 aliphatic carbocycles. The van der Waals surface area contributed by atoms with Crippen LogP contribution in [0.4, 0.5) is 19.0 Å². The average Bonchev–Trinajstić information content (AvgIpc) is 2.51. The Kier molecular flexibility index (Phi) is 4.90. The molecule has 0 unspecified atom stereocenters. The Morgan fingerprint density at radius 2 is 2.00 bits per heavy atom. The molecule has 1 aromatic heterocycles. The van der Waals surface area contributed by atoms with Crippen molar-refractivity contribution in [3.8, 4) is 23.1 Å². The summed E-state index contributed by atoms with van der Waals surface area (Å²) in [5.74, 6) is -0.485. The number of aromatic nitrogens is 2. The van der Waals surface area contributed by atoms with E-state index >= 15 is 0 Å². The average molecular weight is 338 g/mol. The second kappa shape index (κ2) is 6.72. The van der Waals surface area contributed by atoms with Crippen LogP contribution in [0, 0.1) is 11.3 Å². The van der Waals surface area contributed by atoms with Crippen LogP contribution in [0.25, 0.3) is 11.3 Å². The first-order valence-electron chi connectivity index (χ1n) is 6.82. The van der Waals surface area contributed by atoms with Gasteiger partial charge in [-0.15, -0.1) is 10.2 Å². The van der Waals surface area contributed by atoms with Gasteiger partial charge in [0, 0.05) is 12.1 Å². The monoisotopic (exact) mass is 338 g/mol. The zero-order chi connectivity index (χ0) is 17.9. The number of rotatable bonds is 4. The highest BCUT2D eigenvalue weighted by molar-refractivity contribution is 5.70. The smallest absolute Gasteiger partial charge is 0.416 e. The molecule has 2 rings (SSSR count). The minimum Gasteiger partial charge on any atom is -0.507 e. The molecule has 0 fully saturated rings. The molecule has 1 heterocycles. The zero-order valence-electron chi connectivity index (χ0n) is 12.5. The quantitative estimate of drug-likeness (QED) is 0.792. The zero-order valence-corrected chi connectivity index (χ0v) is 12.5. The highest BCUT2D eigenvalue weighted by Crippen LogP contribution is 2.36. The predicted molar refractivity (Wildman–Crippen MR) is 79.0 cm³/mol. The molecule has 0 aliphatic rings. The van der Waals surface area contributed by atoms with E-state index < -0.39 is 23.6 Å². The van der Waals surface area contributed by atoms with Gasteiger partial charge in [0.1, 0.15) is 11.8 Å². The molecule has 3 N–H and O–H groups in total. The van der Waals surface area contributed by atoms with Crippen LogP contribution in [-0.2, 0) is 6.18 Å². The van der Waals surface area contributed by atoms with E-state index in [2.05, 4.69) is 15.5 Å². The molecule has 0 radical (unpaired) electrons. The summed E-state index contributed by atoms with van der Waals surface area (Å²) in [6.07, 6.45) is -5.24. The lowest BCUT2D eigenvalue weighted by molar-refractivity contribution is -0.137. The van der Waals surface area contributed by atoms with Gasteiger partial charge in [-0.05, 0) is 31.2 Å². The van der Waals surface area contributed by atoms with Gasteiger partial charge in [-0.25, -0.2) is 0 Å². The molecular weight excluding hydrogens is 325 g/mol. The molecule has 9 heteroatoms. The Morgan fingerprint density at radius 3 is 2.54 bits per heavy atom. The van der Waals surface area contributed by atoms with Crippen LogP contribution in [0.15, 0.2) is 24.3 Å². The molecule has 6 nitrogen and oxygen atoms in total. The summed E-state index contributed by atoms with van der Waals surface area (Å²) in [4.78, 5) is 0. The van der Waals surface area contributed by atoms with Gasteiger partial charge in [0.05, 0.1) is 22.9 Å². The van der Waals surface area contributed by atoms with Crippen LogP contribution >= 0.6 is 0 Å². The largest absolute Gasteiger partial charge is 0.507 e. The van der Waals surface area contributed by atoms with Crippen molar-refractivity contribution in [1.82, 2.24) is 10.2 Å². The number of phenolic OH excluding ortho intramolecular Hbond substituents is 1. The van der Waals surface area contributed by atoms with Crippen molar-refractivity contribution in [1.29, 1.82) is 5.26 Å². The third-order valence-electron chi connectivity index (χ3n) is 3.08. The van der Waals surface area contributed by atoms with Crippen LogP contribution in [-0.4, -0.2) is 33.1 Å². The number of hydrogen-bond acceptors (Lipinski definition) is 6. The Morgan fingerprint density at radius 1 is 1.29 bits per heavy atom. The summed E-state index contributed by atoms with van der Waals surface area (Å²) in [6, 6.07) is 5.62. The highest BCUT2D eigenvalue weighted by Gasteiger charge is 2.31. The van der Waals surface area contributed by atoms with E-state index in [1.807, 2.05) is 6.07 Å². The number of phenols is 1. The molecule has 24 heavy (non-hydrogen) atoms. The lowest BCUT2D eigenvalue weighted by Gasteiger charge is -2.11. The van der Waals surface area contributed by atoms with Gasteiger partial charge in [0.25, 0.3) is 0 Å². The van der Waals surface area contributed by atoms with E-state index in [1.165, 1.54) is 6.07 Å². The third-order valence-corrected chi connectivity index (χ3v) is 3.08. The Bertz CT molecular complexity index is 785. The first-order chi connectivity index (χ1) is 11.2. The Labute approximate surface area is 135 Å². The van der Waals surface area contributed by atoms with Crippen LogP contribution in [0.3, 0.4) is 0 Å².